The van der Waals surface area contributed by atoms with Crippen molar-refractivity contribution in [1.82, 2.24) is 20.2 Å². The summed E-state index contributed by atoms with van der Waals surface area (Å²) in [5, 5.41) is 4.87. The summed E-state index contributed by atoms with van der Waals surface area (Å²) in [7, 11) is 2.21. The minimum Gasteiger partial charge on any atom is -0.346 e. The van der Waals surface area contributed by atoms with E-state index in [4.69, 9.17) is 0 Å². The van der Waals surface area contributed by atoms with Crippen LogP contribution in [0.2, 0.25) is 0 Å². The van der Waals surface area contributed by atoms with E-state index in [2.05, 4.69) is 46.4 Å². The van der Waals surface area contributed by atoms with Gasteiger partial charge in [-0.05, 0) is 56.1 Å². The van der Waals surface area contributed by atoms with Crippen molar-refractivity contribution in [3.05, 3.63) is 30.1 Å². The van der Waals surface area contributed by atoms with Crippen molar-refractivity contribution in [2.45, 2.75) is 26.3 Å². The van der Waals surface area contributed by atoms with E-state index >= 15 is 0 Å². The molecule has 1 aliphatic rings. The quantitative estimate of drug-likeness (QED) is 0.898. The first-order valence-electron chi connectivity index (χ1n) is 7.47. The van der Waals surface area contributed by atoms with Gasteiger partial charge in [0.1, 0.15) is 5.65 Å². The van der Waals surface area contributed by atoms with E-state index in [-0.39, 0.29) is 0 Å². The standard InChI is InChI=1S/C16H24N4/c1-16(5-8-20(2)9-6-16)12-17-10-13-11-19-15-14(13)4-3-7-18-15/h3-4,7,11,17H,5-6,8-10,12H2,1-2H3,(H,18,19). The zero-order valence-electron chi connectivity index (χ0n) is 12.4. The predicted molar refractivity (Wildman–Crippen MR) is 82.6 cm³/mol. The Labute approximate surface area is 120 Å². The Bertz CT molecular complexity index is 567. The smallest absolute Gasteiger partial charge is 0.137 e. The first-order chi connectivity index (χ1) is 9.66. The summed E-state index contributed by atoms with van der Waals surface area (Å²) in [5.41, 5.74) is 2.73. The number of nitrogens with one attached hydrogen (secondary N) is 2. The molecule has 1 aliphatic heterocycles. The summed E-state index contributed by atoms with van der Waals surface area (Å²) in [6.45, 7) is 6.85. The van der Waals surface area contributed by atoms with Crippen LogP contribution < -0.4 is 5.32 Å². The van der Waals surface area contributed by atoms with Gasteiger partial charge in [-0.25, -0.2) is 4.98 Å². The van der Waals surface area contributed by atoms with Crippen molar-refractivity contribution in [2.75, 3.05) is 26.7 Å². The van der Waals surface area contributed by atoms with Crippen molar-refractivity contribution in [3.8, 4) is 0 Å². The molecular formula is C16H24N4. The van der Waals surface area contributed by atoms with E-state index in [1.165, 1.54) is 36.9 Å². The molecule has 2 aromatic heterocycles. The number of likely N-dealkylation sites (tertiary alicyclic amines) is 1. The van der Waals surface area contributed by atoms with Crippen molar-refractivity contribution >= 4 is 11.0 Å². The van der Waals surface area contributed by atoms with Crippen LogP contribution in [0.25, 0.3) is 11.0 Å². The Balaban J connectivity index is 1.57. The second-order valence-corrected chi connectivity index (χ2v) is 6.43. The van der Waals surface area contributed by atoms with Gasteiger partial charge in [0.15, 0.2) is 0 Å². The van der Waals surface area contributed by atoms with Crippen LogP contribution in [0.15, 0.2) is 24.5 Å². The molecule has 20 heavy (non-hydrogen) atoms. The fourth-order valence-corrected chi connectivity index (χ4v) is 2.99. The van der Waals surface area contributed by atoms with Crippen LogP contribution in [-0.4, -0.2) is 41.5 Å². The van der Waals surface area contributed by atoms with E-state index in [1.807, 2.05) is 12.3 Å². The second kappa shape index (κ2) is 5.54. The number of piperidine rings is 1. The van der Waals surface area contributed by atoms with E-state index in [1.54, 1.807) is 0 Å². The van der Waals surface area contributed by atoms with E-state index in [9.17, 15) is 0 Å². The molecule has 3 heterocycles. The normalized spacial score (nSPS) is 19.5. The van der Waals surface area contributed by atoms with E-state index < -0.39 is 0 Å². The third-order valence-corrected chi connectivity index (χ3v) is 4.60. The van der Waals surface area contributed by atoms with Crippen LogP contribution in [0.1, 0.15) is 25.3 Å². The van der Waals surface area contributed by atoms with Crippen molar-refractivity contribution in [2.24, 2.45) is 5.41 Å². The number of hydrogen-bond donors (Lipinski definition) is 2. The Hall–Kier alpha value is -1.39. The average molecular weight is 272 g/mol. The van der Waals surface area contributed by atoms with Crippen LogP contribution in [0, 0.1) is 5.41 Å². The van der Waals surface area contributed by atoms with Crippen LogP contribution in [0.5, 0.6) is 0 Å². The summed E-state index contributed by atoms with van der Waals surface area (Å²) in [6.07, 6.45) is 6.47. The number of H-pyrrole nitrogens is 1. The molecule has 2 aromatic rings. The summed E-state index contributed by atoms with van der Waals surface area (Å²) in [6, 6.07) is 4.13. The molecule has 1 saturated heterocycles. The maximum atomic E-state index is 4.33. The van der Waals surface area contributed by atoms with Gasteiger partial charge in [0.2, 0.25) is 0 Å². The molecule has 2 N–H and O–H groups in total. The van der Waals surface area contributed by atoms with Crippen LogP contribution >= 0.6 is 0 Å². The number of aromatic amines is 1. The molecule has 0 atom stereocenters. The van der Waals surface area contributed by atoms with E-state index in [0.717, 1.165) is 18.7 Å². The lowest BCUT2D eigenvalue weighted by molar-refractivity contribution is 0.137. The second-order valence-electron chi connectivity index (χ2n) is 6.43. The number of aromatic nitrogens is 2. The Morgan fingerprint density at radius 2 is 2.20 bits per heavy atom. The molecule has 0 aromatic carbocycles. The molecule has 0 aliphatic carbocycles. The zero-order chi connectivity index (χ0) is 14.0. The minimum atomic E-state index is 0.441. The van der Waals surface area contributed by atoms with Gasteiger partial charge in [-0.15, -0.1) is 0 Å². The molecule has 0 bridgehead atoms. The molecule has 0 unspecified atom stereocenters. The van der Waals surface area contributed by atoms with Gasteiger partial charge in [0.25, 0.3) is 0 Å². The van der Waals surface area contributed by atoms with Gasteiger partial charge < -0.3 is 15.2 Å². The van der Waals surface area contributed by atoms with Crippen molar-refractivity contribution in [3.63, 3.8) is 0 Å². The highest BCUT2D eigenvalue weighted by molar-refractivity contribution is 5.79. The monoisotopic (exact) mass is 272 g/mol. The molecule has 0 amide bonds. The Kier molecular flexibility index (Phi) is 3.76. The fraction of sp³-hybridized carbons (Fsp3) is 0.562. The summed E-state index contributed by atoms with van der Waals surface area (Å²) in [5.74, 6) is 0. The molecule has 0 spiro atoms. The first-order valence-corrected chi connectivity index (χ1v) is 7.47. The lowest BCUT2D eigenvalue weighted by atomic mass is 9.80. The van der Waals surface area contributed by atoms with Gasteiger partial charge in [0, 0.05) is 30.9 Å². The maximum absolute atomic E-state index is 4.33. The van der Waals surface area contributed by atoms with Crippen LogP contribution in [-0.2, 0) is 6.54 Å². The third-order valence-electron chi connectivity index (χ3n) is 4.60. The lowest BCUT2D eigenvalue weighted by Gasteiger charge is -2.38. The zero-order valence-corrected chi connectivity index (χ0v) is 12.4. The van der Waals surface area contributed by atoms with E-state index in [0.29, 0.717) is 5.41 Å². The molecule has 108 valence electrons. The van der Waals surface area contributed by atoms with Gasteiger partial charge >= 0.3 is 0 Å². The predicted octanol–water partition coefficient (Wildman–Crippen LogP) is 2.38. The fourth-order valence-electron chi connectivity index (χ4n) is 2.99. The van der Waals surface area contributed by atoms with Crippen molar-refractivity contribution < 1.29 is 0 Å². The van der Waals surface area contributed by atoms with Crippen molar-refractivity contribution in [1.29, 1.82) is 0 Å². The molecule has 0 saturated carbocycles. The third kappa shape index (κ3) is 2.86. The summed E-state index contributed by atoms with van der Waals surface area (Å²) < 4.78 is 0. The highest BCUT2D eigenvalue weighted by Crippen LogP contribution is 2.29. The highest BCUT2D eigenvalue weighted by atomic mass is 15.1. The number of rotatable bonds is 4. The summed E-state index contributed by atoms with van der Waals surface area (Å²) >= 11 is 0. The summed E-state index contributed by atoms with van der Waals surface area (Å²) in [4.78, 5) is 9.99. The van der Waals surface area contributed by atoms with Gasteiger partial charge in [0.05, 0.1) is 0 Å². The Morgan fingerprint density at radius 1 is 1.40 bits per heavy atom. The minimum absolute atomic E-state index is 0.441. The first kappa shape index (κ1) is 13.6. The molecule has 4 heteroatoms. The van der Waals surface area contributed by atoms with Gasteiger partial charge in [-0.3, -0.25) is 0 Å². The highest BCUT2D eigenvalue weighted by Gasteiger charge is 2.28. The lowest BCUT2D eigenvalue weighted by Crippen LogP contribution is -2.41. The number of fused-ring (bicyclic) bond motifs is 1. The number of pyridine rings is 1. The molecule has 4 nitrogen and oxygen atoms in total. The molecule has 3 rings (SSSR count). The van der Waals surface area contributed by atoms with Crippen LogP contribution in [0.4, 0.5) is 0 Å². The molecular weight excluding hydrogens is 248 g/mol. The largest absolute Gasteiger partial charge is 0.346 e. The average Bonchev–Trinajstić information content (AvgIpc) is 2.86. The number of nitrogens with zero attached hydrogens (tertiary/aromatic N) is 2. The Morgan fingerprint density at radius 3 is 3.00 bits per heavy atom. The molecule has 1 fully saturated rings. The molecule has 0 radical (unpaired) electrons. The van der Waals surface area contributed by atoms with Crippen LogP contribution in [0.3, 0.4) is 0 Å². The SMILES string of the molecule is CN1CCC(C)(CNCc2c[nH]c3ncccc23)CC1. The van der Waals surface area contributed by atoms with Gasteiger partial charge in [-0.2, -0.15) is 0 Å². The number of hydrogen-bond acceptors (Lipinski definition) is 3. The topological polar surface area (TPSA) is 44.0 Å². The van der Waals surface area contributed by atoms with Gasteiger partial charge in [-0.1, -0.05) is 6.92 Å². The maximum Gasteiger partial charge on any atom is 0.137 e.